The molecule has 6 heteroatoms. The monoisotopic (exact) mass is 370 g/mol. The van der Waals surface area contributed by atoms with Crippen molar-refractivity contribution < 1.29 is 19.4 Å². The van der Waals surface area contributed by atoms with Gasteiger partial charge < -0.3 is 20.1 Å². The van der Waals surface area contributed by atoms with Crippen molar-refractivity contribution in [1.29, 1.82) is 0 Å². The van der Waals surface area contributed by atoms with Crippen LogP contribution in [-0.4, -0.2) is 46.7 Å². The number of piperidine rings is 1. The van der Waals surface area contributed by atoms with Crippen LogP contribution in [0.1, 0.15) is 48.9 Å². The summed E-state index contributed by atoms with van der Waals surface area (Å²) in [6.07, 6.45) is 4.66. The van der Waals surface area contributed by atoms with E-state index in [1.807, 2.05) is 23.1 Å². The van der Waals surface area contributed by atoms with Gasteiger partial charge in [-0.3, -0.25) is 9.59 Å². The van der Waals surface area contributed by atoms with E-state index >= 15 is 0 Å². The molecule has 0 radical (unpaired) electrons. The molecule has 6 nitrogen and oxygen atoms in total. The van der Waals surface area contributed by atoms with E-state index in [0.717, 1.165) is 38.6 Å². The summed E-state index contributed by atoms with van der Waals surface area (Å²) < 4.78 is 6.36. The van der Waals surface area contributed by atoms with Crippen LogP contribution in [0.15, 0.2) is 24.3 Å². The van der Waals surface area contributed by atoms with Crippen molar-refractivity contribution in [2.45, 2.75) is 50.4 Å². The highest BCUT2D eigenvalue weighted by molar-refractivity contribution is 5.98. The number of aliphatic hydroxyl groups is 1. The predicted octanol–water partition coefficient (Wildman–Crippen LogP) is 1.92. The fourth-order valence-corrected chi connectivity index (χ4v) is 5.65. The van der Waals surface area contributed by atoms with Gasteiger partial charge >= 0.3 is 0 Å². The van der Waals surface area contributed by atoms with Crippen LogP contribution in [0.5, 0.6) is 5.75 Å². The zero-order valence-corrected chi connectivity index (χ0v) is 15.4. The van der Waals surface area contributed by atoms with Crippen molar-refractivity contribution in [3.63, 3.8) is 0 Å². The number of nitrogens with one attached hydrogen (secondary N) is 1. The third-order valence-electron chi connectivity index (χ3n) is 6.99. The fourth-order valence-electron chi connectivity index (χ4n) is 5.65. The number of fused-ring (bicyclic) bond motifs is 3. The van der Waals surface area contributed by atoms with Gasteiger partial charge in [0.05, 0.1) is 11.7 Å². The minimum absolute atomic E-state index is 0.0163. The molecule has 0 aromatic heterocycles. The van der Waals surface area contributed by atoms with E-state index in [1.165, 1.54) is 0 Å². The number of para-hydroxylation sites is 1. The molecule has 1 aromatic carbocycles. The Kier molecular flexibility index (Phi) is 3.93. The van der Waals surface area contributed by atoms with Gasteiger partial charge in [-0.25, -0.2) is 0 Å². The van der Waals surface area contributed by atoms with Crippen molar-refractivity contribution in [3.05, 3.63) is 29.8 Å². The van der Waals surface area contributed by atoms with Gasteiger partial charge in [0, 0.05) is 31.3 Å². The molecule has 2 heterocycles. The molecule has 5 aliphatic rings. The average molecular weight is 370 g/mol. The third kappa shape index (κ3) is 2.73. The van der Waals surface area contributed by atoms with Crippen molar-refractivity contribution in [3.8, 4) is 5.75 Å². The normalized spacial score (nSPS) is 37.5. The highest BCUT2D eigenvalue weighted by Crippen LogP contribution is 2.52. The lowest BCUT2D eigenvalue weighted by Gasteiger charge is -2.55. The first kappa shape index (κ1) is 17.0. The lowest BCUT2D eigenvalue weighted by atomic mass is 9.59. The van der Waals surface area contributed by atoms with Crippen LogP contribution in [0.4, 0.5) is 0 Å². The Morgan fingerprint density at radius 3 is 2.89 bits per heavy atom. The number of carbonyl (C=O) groups is 2. The van der Waals surface area contributed by atoms with Crippen LogP contribution in [0.3, 0.4) is 0 Å². The zero-order valence-electron chi connectivity index (χ0n) is 15.4. The molecule has 3 aliphatic carbocycles. The van der Waals surface area contributed by atoms with Crippen LogP contribution in [0.2, 0.25) is 0 Å². The summed E-state index contributed by atoms with van der Waals surface area (Å²) in [5, 5.41) is 13.1. The number of carbonyl (C=O) groups excluding carboxylic acids is 2. The van der Waals surface area contributed by atoms with Gasteiger partial charge in [-0.15, -0.1) is 0 Å². The van der Waals surface area contributed by atoms with Gasteiger partial charge in [0.1, 0.15) is 5.75 Å². The zero-order chi connectivity index (χ0) is 18.6. The number of ether oxygens (including phenoxy) is 1. The molecular formula is C21H26N2O4. The second-order valence-electron chi connectivity index (χ2n) is 8.60. The smallest absolute Gasteiger partial charge is 0.258 e. The molecule has 4 fully saturated rings. The highest BCUT2D eigenvalue weighted by atomic mass is 16.5. The van der Waals surface area contributed by atoms with Crippen molar-refractivity contribution >= 4 is 11.8 Å². The molecule has 2 amide bonds. The number of hydrogen-bond donors (Lipinski definition) is 2. The van der Waals surface area contributed by atoms with Crippen LogP contribution in [-0.2, 0) is 4.79 Å². The maximum Gasteiger partial charge on any atom is 0.258 e. The van der Waals surface area contributed by atoms with E-state index in [0.29, 0.717) is 24.3 Å². The lowest BCUT2D eigenvalue weighted by Crippen LogP contribution is -2.67. The first-order chi connectivity index (χ1) is 13.1. The van der Waals surface area contributed by atoms with E-state index in [4.69, 9.17) is 4.74 Å². The number of hydrogen-bond acceptors (Lipinski definition) is 4. The Labute approximate surface area is 158 Å². The van der Waals surface area contributed by atoms with Crippen molar-refractivity contribution in [1.82, 2.24) is 10.2 Å². The summed E-state index contributed by atoms with van der Waals surface area (Å²) in [5.41, 5.74) is -0.0912. The van der Waals surface area contributed by atoms with Crippen LogP contribution < -0.4 is 10.1 Å². The molecular weight excluding hydrogens is 344 g/mol. The maximum absolute atomic E-state index is 13.1. The number of β-amino-alcohol motifs (C(OH)–C–C–N with tert-alkyl or cyclic N) is 1. The topological polar surface area (TPSA) is 78.9 Å². The fraction of sp³-hybridized carbons (Fsp3) is 0.619. The predicted molar refractivity (Wildman–Crippen MR) is 98.0 cm³/mol. The minimum atomic E-state index is -0.674. The maximum atomic E-state index is 13.1. The van der Waals surface area contributed by atoms with Gasteiger partial charge in [0.2, 0.25) is 5.91 Å². The van der Waals surface area contributed by atoms with E-state index in [2.05, 4.69) is 5.32 Å². The number of rotatable bonds is 1. The molecule has 2 N–H and O–H groups in total. The summed E-state index contributed by atoms with van der Waals surface area (Å²) in [6.45, 7) is 1.20. The molecule has 6 rings (SSSR count). The molecule has 1 spiro atoms. The van der Waals surface area contributed by atoms with Gasteiger partial charge in [-0.1, -0.05) is 12.1 Å². The van der Waals surface area contributed by atoms with Crippen LogP contribution in [0, 0.1) is 17.8 Å². The molecule has 0 unspecified atom stereocenters. The first-order valence-corrected chi connectivity index (χ1v) is 10.1. The van der Waals surface area contributed by atoms with E-state index < -0.39 is 11.8 Å². The minimum Gasteiger partial charge on any atom is -0.467 e. The number of nitrogens with zero attached hydrogens (tertiary/aromatic N) is 1. The Morgan fingerprint density at radius 1 is 1.26 bits per heavy atom. The first-order valence-electron chi connectivity index (χ1n) is 10.1. The van der Waals surface area contributed by atoms with Crippen molar-refractivity contribution in [2.24, 2.45) is 17.8 Å². The van der Waals surface area contributed by atoms with E-state index in [1.54, 1.807) is 6.07 Å². The molecule has 2 aliphatic heterocycles. The second kappa shape index (κ2) is 6.23. The summed E-state index contributed by atoms with van der Waals surface area (Å²) in [7, 11) is 0. The lowest BCUT2D eigenvalue weighted by molar-refractivity contribution is -0.157. The molecule has 5 atom stereocenters. The Balaban J connectivity index is 1.36. The highest BCUT2D eigenvalue weighted by Gasteiger charge is 2.57. The molecule has 27 heavy (non-hydrogen) atoms. The Hall–Kier alpha value is -2.08. The molecule has 1 aromatic rings. The van der Waals surface area contributed by atoms with Crippen LogP contribution in [0.25, 0.3) is 0 Å². The average Bonchev–Trinajstić information content (AvgIpc) is 2.68. The van der Waals surface area contributed by atoms with Gasteiger partial charge in [0.25, 0.3) is 5.91 Å². The second-order valence-corrected chi connectivity index (χ2v) is 8.60. The van der Waals surface area contributed by atoms with Crippen molar-refractivity contribution in [2.75, 3.05) is 13.1 Å². The molecule has 1 saturated heterocycles. The largest absolute Gasteiger partial charge is 0.467 e. The SMILES string of the molecule is O=C1N[C@]2(C[C@H]3CC[C@H]2C[C@H]3C(=O)N2CCC[C@@H](O)C2)Oc2ccccc21. The molecule has 2 bridgehead atoms. The third-order valence-corrected chi connectivity index (χ3v) is 6.99. The quantitative estimate of drug-likeness (QED) is 0.792. The standard InChI is InChI=1S/C21H26N2O4/c24-15-4-3-9-23(12-15)20(26)17-10-14-8-7-13(17)11-21(14)22-19(25)16-5-1-2-6-18(16)27-21/h1-2,5-6,13-15,17,24H,3-4,7-12H2,(H,22,25)/t13-,14+,15-,17-,21-/m1/s1. The summed E-state index contributed by atoms with van der Waals surface area (Å²) >= 11 is 0. The van der Waals surface area contributed by atoms with Gasteiger partial charge in [-0.05, 0) is 50.2 Å². The molecule has 3 saturated carbocycles. The Bertz CT molecular complexity index is 781. The van der Waals surface area contributed by atoms with Crippen LogP contribution >= 0.6 is 0 Å². The summed E-state index contributed by atoms with van der Waals surface area (Å²) in [5.74, 6) is 1.09. The van der Waals surface area contributed by atoms with E-state index in [9.17, 15) is 14.7 Å². The van der Waals surface area contributed by atoms with Gasteiger partial charge in [0.15, 0.2) is 5.72 Å². The van der Waals surface area contributed by atoms with E-state index in [-0.39, 0.29) is 29.6 Å². The Morgan fingerprint density at radius 2 is 2.11 bits per heavy atom. The summed E-state index contributed by atoms with van der Waals surface area (Å²) in [4.78, 5) is 27.6. The molecule has 144 valence electrons. The van der Waals surface area contributed by atoms with Gasteiger partial charge in [-0.2, -0.15) is 0 Å². The summed E-state index contributed by atoms with van der Waals surface area (Å²) in [6, 6.07) is 7.37. The number of likely N-dealkylation sites (tertiary alicyclic amines) is 1. The number of aliphatic hydroxyl groups excluding tert-OH is 1. The number of benzene rings is 1. The number of amides is 2.